The van der Waals surface area contributed by atoms with Crippen LogP contribution in [0.4, 0.5) is 0 Å². The standard InChI is InChI=1S/C11H20N2S/c1-4-13-10(3)5-9(2)6-11-7-12-8-14-11/h7-10,13H,4-6H2,1-3H3. The summed E-state index contributed by atoms with van der Waals surface area (Å²) in [6.45, 7) is 7.79. The van der Waals surface area contributed by atoms with Crippen LogP contribution in [0.25, 0.3) is 0 Å². The molecule has 0 aliphatic rings. The lowest BCUT2D eigenvalue weighted by Gasteiger charge is -2.16. The lowest BCUT2D eigenvalue weighted by molar-refractivity contribution is 0.428. The van der Waals surface area contributed by atoms with Crippen LogP contribution in [0, 0.1) is 5.92 Å². The number of rotatable bonds is 6. The molecule has 1 N–H and O–H groups in total. The van der Waals surface area contributed by atoms with Gasteiger partial charge in [-0.2, -0.15) is 0 Å². The SMILES string of the molecule is CCNC(C)CC(C)Cc1cncs1. The molecule has 0 radical (unpaired) electrons. The van der Waals surface area contributed by atoms with Crippen LogP contribution in [0.1, 0.15) is 32.1 Å². The highest BCUT2D eigenvalue weighted by Crippen LogP contribution is 2.16. The third kappa shape index (κ3) is 4.20. The highest BCUT2D eigenvalue weighted by atomic mass is 32.1. The van der Waals surface area contributed by atoms with E-state index in [0.717, 1.165) is 12.5 Å². The molecule has 1 aromatic rings. The average Bonchev–Trinajstić information content (AvgIpc) is 2.56. The van der Waals surface area contributed by atoms with E-state index in [9.17, 15) is 0 Å². The fourth-order valence-electron chi connectivity index (χ4n) is 1.81. The number of thiazole rings is 1. The molecule has 1 aromatic heterocycles. The molecule has 1 heterocycles. The van der Waals surface area contributed by atoms with Gasteiger partial charge in [-0.3, -0.25) is 4.98 Å². The van der Waals surface area contributed by atoms with Gasteiger partial charge in [0, 0.05) is 17.1 Å². The van der Waals surface area contributed by atoms with E-state index < -0.39 is 0 Å². The molecule has 0 spiro atoms. The van der Waals surface area contributed by atoms with Gasteiger partial charge in [0.15, 0.2) is 0 Å². The first-order valence-corrected chi connectivity index (χ1v) is 6.21. The second-order valence-electron chi connectivity index (χ2n) is 3.97. The maximum Gasteiger partial charge on any atom is 0.0794 e. The van der Waals surface area contributed by atoms with E-state index in [0.29, 0.717) is 6.04 Å². The Kier molecular flexibility index (Phi) is 5.12. The highest BCUT2D eigenvalue weighted by molar-refractivity contribution is 7.09. The number of hydrogen-bond donors (Lipinski definition) is 1. The molecular weight excluding hydrogens is 192 g/mol. The van der Waals surface area contributed by atoms with Gasteiger partial charge in [0.25, 0.3) is 0 Å². The monoisotopic (exact) mass is 212 g/mol. The summed E-state index contributed by atoms with van der Waals surface area (Å²) in [6, 6.07) is 0.628. The molecule has 0 saturated carbocycles. The molecule has 0 aromatic carbocycles. The summed E-state index contributed by atoms with van der Waals surface area (Å²) in [5, 5.41) is 3.44. The molecule has 14 heavy (non-hydrogen) atoms. The van der Waals surface area contributed by atoms with Crippen LogP contribution in [0.3, 0.4) is 0 Å². The van der Waals surface area contributed by atoms with E-state index in [-0.39, 0.29) is 0 Å². The van der Waals surface area contributed by atoms with Crippen molar-refractivity contribution in [2.45, 2.75) is 39.7 Å². The highest BCUT2D eigenvalue weighted by Gasteiger charge is 2.09. The minimum atomic E-state index is 0.628. The van der Waals surface area contributed by atoms with Crippen molar-refractivity contribution >= 4 is 11.3 Å². The van der Waals surface area contributed by atoms with Crippen LogP contribution in [-0.2, 0) is 6.42 Å². The van der Waals surface area contributed by atoms with Crippen LogP contribution < -0.4 is 5.32 Å². The van der Waals surface area contributed by atoms with Gasteiger partial charge >= 0.3 is 0 Å². The molecule has 3 heteroatoms. The molecule has 0 fully saturated rings. The van der Waals surface area contributed by atoms with Crippen molar-refractivity contribution in [3.05, 3.63) is 16.6 Å². The van der Waals surface area contributed by atoms with Gasteiger partial charge in [0.1, 0.15) is 0 Å². The molecule has 1 rings (SSSR count). The summed E-state index contributed by atoms with van der Waals surface area (Å²) >= 11 is 1.76. The Morgan fingerprint density at radius 2 is 2.29 bits per heavy atom. The smallest absolute Gasteiger partial charge is 0.0794 e. The second kappa shape index (κ2) is 6.14. The summed E-state index contributed by atoms with van der Waals surface area (Å²) in [5.41, 5.74) is 1.91. The first-order chi connectivity index (χ1) is 6.72. The Labute approximate surface area is 90.8 Å². The Bertz CT molecular complexity index is 233. The average molecular weight is 212 g/mol. The first kappa shape index (κ1) is 11.7. The summed E-state index contributed by atoms with van der Waals surface area (Å²) in [6.07, 6.45) is 4.39. The number of aromatic nitrogens is 1. The van der Waals surface area contributed by atoms with Gasteiger partial charge in [0.05, 0.1) is 5.51 Å². The van der Waals surface area contributed by atoms with Gasteiger partial charge in [-0.05, 0) is 32.2 Å². The molecule has 2 atom stereocenters. The Hall–Kier alpha value is -0.410. The van der Waals surface area contributed by atoms with Crippen molar-refractivity contribution in [2.75, 3.05) is 6.54 Å². The van der Waals surface area contributed by atoms with Crippen molar-refractivity contribution in [2.24, 2.45) is 5.92 Å². The lowest BCUT2D eigenvalue weighted by Crippen LogP contribution is -2.27. The Morgan fingerprint density at radius 3 is 2.86 bits per heavy atom. The first-order valence-electron chi connectivity index (χ1n) is 5.33. The van der Waals surface area contributed by atoms with E-state index in [4.69, 9.17) is 0 Å². The summed E-state index contributed by atoms with van der Waals surface area (Å²) in [4.78, 5) is 5.50. The molecular formula is C11H20N2S. The minimum Gasteiger partial charge on any atom is -0.315 e. The Morgan fingerprint density at radius 1 is 1.50 bits per heavy atom. The fraction of sp³-hybridized carbons (Fsp3) is 0.727. The van der Waals surface area contributed by atoms with Crippen LogP contribution in [-0.4, -0.2) is 17.6 Å². The predicted octanol–water partition coefficient (Wildman–Crippen LogP) is 2.71. The largest absolute Gasteiger partial charge is 0.315 e. The molecule has 2 nitrogen and oxygen atoms in total. The van der Waals surface area contributed by atoms with E-state index in [2.05, 4.69) is 31.1 Å². The van der Waals surface area contributed by atoms with E-state index in [1.807, 2.05) is 11.7 Å². The maximum atomic E-state index is 4.09. The van der Waals surface area contributed by atoms with Gasteiger partial charge in [0.2, 0.25) is 0 Å². The zero-order valence-corrected chi connectivity index (χ0v) is 10.1. The van der Waals surface area contributed by atoms with Crippen LogP contribution in [0.2, 0.25) is 0 Å². The molecule has 0 aliphatic heterocycles. The zero-order chi connectivity index (χ0) is 10.4. The minimum absolute atomic E-state index is 0.628. The van der Waals surface area contributed by atoms with Crippen LogP contribution >= 0.6 is 11.3 Å². The van der Waals surface area contributed by atoms with E-state index in [1.54, 1.807) is 11.3 Å². The van der Waals surface area contributed by atoms with Crippen molar-refractivity contribution in [1.82, 2.24) is 10.3 Å². The maximum absolute atomic E-state index is 4.09. The van der Waals surface area contributed by atoms with Gasteiger partial charge in [-0.25, -0.2) is 0 Å². The summed E-state index contributed by atoms with van der Waals surface area (Å²) in [5.74, 6) is 0.740. The summed E-state index contributed by atoms with van der Waals surface area (Å²) < 4.78 is 0. The molecule has 0 aliphatic carbocycles. The molecule has 0 amide bonds. The van der Waals surface area contributed by atoms with Crippen molar-refractivity contribution in [3.8, 4) is 0 Å². The van der Waals surface area contributed by atoms with Crippen LogP contribution in [0.5, 0.6) is 0 Å². The quantitative estimate of drug-likeness (QED) is 0.784. The fourth-order valence-corrected chi connectivity index (χ4v) is 2.56. The molecule has 0 saturated heterocycles. The van der Waals surface area contributed by atoms with Gasteiger partial charge in [-0.15, -0.1) is 11.3 Å². The van der Waals surface area contributed by atoms with Crippen LogP contribution in [0.15, 0.2) is 11.7 Å². The normalized spacial score (nSPS) is 15.4. The third-order valence-corrected chi connectivity index (χ3v) is 3.14. The van der Waals surface area contributed by atoms with Gasteiger partial charge < -0.3 is 5.32 Å². The zero-order valence-electron chi connectivity index (χ0n) is 9.29. The van der Waals surface area contributed by atoms with E-state index >= 15 is 0 Å². The Balaban J connectivity index is 2.25. The van der Waals surface area contributed by atoms with Crippen molar-refractivity contribution in [1.29, 1.82) is 0 Å². The third-order valence-electron chi connectivity index (χ3n) is 2.34. The predicted molar refractivity (Wildman–Crippen MR) is 62.7 cm³/mol. The van der Waals surface area contributed by atoms with Crippen molar-refractivity contribution in [3.63, 3.8) is 0 Å². The number of nitrogens with one attached hydrogen (secondary N) is 1. The molecule has 2 unspecified atom stereocenters. The summed E-state index contributed by atoms with van der Waals surface area (Å²) in [7, 11) is 0. The molecule has 80 valence electrons. The number of hydrogen-bond acceptors (Lipinski definition) is 3. The lowest BCUT2D eigenvalue weighted by atomic mass is 9.99. The number of nitrogens with zero attached hydrogens (tertiary/aromatic N) is 1. The second-order valence-corrected chi connectivity index (χ2v) is 4.94. The van der Waals surface area contributed by atoms with Crippen molar-refractivity contribution < 1.29 is 0 Å². The van der Waals surface area contributed by atoms with Gasteiger partial charge in [-0.1, -0.05) is 13.8 Å². The topological polar surface area (TPSA) is 24.9 Å². The van der Waals surface area contributed by atoms with E-state index in [1.165, 1.54) is 17.7 Å². The molecule has 0 bridgehead atoms.